The summed E-state index contributed by atoms with van der Waals surface area (Å²) in [5.41, 5.74) is 0. The standard InChI is InChI=1S/C75H143N7O10/c1-7-13-17-21-25-29-33-37-41-45-63-87-69(83)51-58-81(59-52-70(84)88-64-46-42-38-34-30-26-22-18-14-8-2)56-49-67-91-74-77-73(76-55-62-80(11-5)12-6)78-75(79-74)92-68-50-57-82(60-53-71(85)89-65-47-43-39-35-31-27-23-19-15-9-3)61-54-72(86)90-66-48-44-40-36-32-28-24-20-16-10-4/h7-68H2,1-6H3,(H,76,77,78,79). The van der Waals surface area contributed by atoms with E-state index in [4.69, 9.17) is 28.4 Å². The summed E-state index contributed by atoms with van der Waals surface area (Å²) in [6.07, 6.45) is 51.0. The van der Waals surface area contributed by atoms with E-state index < -0.39 is 0 Å². The summed E-state index contributed by atoms with van der Waals surface area (Å²) in [4.78, 5) is 72.2. The number of rotatable bonds is 72. The lowest BCUT2D eigenvalue weighted by Crippen LogP contribution is -2.31. The molecule has 92 heavy (non-hydrogen) atoms. The molecule has 0 aromatic carbocycles. The second-order valence-electron chi connectivity index (χ2n) is 25.9. The summed E-state index contributed by atoms with van der Waals surface area (Å²) < 4.78 is 35.1. The second kappa shape index (κ2) is 67.2. The minimum atomic E-state index is -0.221. The Balaban J connectivity index is 2.95. The summed E-state index contributed by atoms with van der Waals surface area (Å²) in [5, 5.41) is 3.34. The van der Waals surface area contributed by atoms with Crippen LogP contribution < -0.4 is 14.8 Å². The first-order valence-electron chi connectivity index (χ1n) is 38.7. The molecular formula is C75H143N7O10. The van der Waals surface area contributed by atoms with Crippen molar-refractivity contribution in [3.63, 3.8) is 0 Å². The molecule has 538 valence electrons. The smallest absolute Gasteiger partial charge is 0.324 e. The number of likely N-dealkylation sites (N-methyl/N-ethyl adjacent to an activating group) is 1. The van der Waals surface area contributed by atoms with Crippen LogP contribution in [0.4, 0.5) is 5.95 Å². The van der Waals surface area contributed by atoms with Gasteiger partial charge in [-0.2, -0.15) is 9.97 Å². The number of carbonyl (C=O) groups excluding carboxylic acids is 4. The molecule has 1 aromatic heterocycles. The third-order valence-electron chi connectivity index (χ3n) is 17.5. The zero-order chi connectivity index (χ0) is 66.7. The third-order valence-corrected chi connectivity index (χ3v) is 17.5. The Morgan fingerprint density at radius 2 is 0.533 bits per heavy atom. The molecule has 0 atom stereocenters. The minimum absolute atomic E-state index is 0.132. The number of nitrogens with one attached hydrogen (secondary N) is 1. The Hall–Kier alpha value is -3.83. The van der Waals surface area contributed by atoms with E-state index in [0.29, 0.717) is 91.0 Å². The number of anilines is 1. The van der Waals surface area contributed by atoms with Gasteiger partial charge in [0.1, 0.15) is 0 Å². The van der Waals surface area contributed by atoms with Crippen LogP contribution in [0.3, 0.4) is 0 Å². The quantitative estimate of drug-likeness (QED) is 0.0369. The van der Waals surface area contributed by atoms with Gasteiger partial charge in [-0.3, -0.25) is 19.2 Å². The zero-order valence-corrected chi connectivity index (χ0v) is 60.6. The van der Waals surface area contributed by atoms with Crippen molar-refractivity contribution in [3.05, 3.63) is 0 Å². The van der Waals surface area contributed by atoms with Crippen LogP contribution in [-0.2, 0) is 38.1 Å². The number of esters is 4. The monoisotopic (exact) mass is 1300 g/mol. The van der Waals surface area contributed by atoms with Crippen LogP contribution in [-0.4, -0.2) is 159 Å². The van der Waals surface area contributed by atoms with Gasteiger partial charge in [-0.25, -0.2) is 0 Å². The van der Waals surface area contributed by atoms with E-state index in [9.17, 15) is 19.2 Å². The van der Waals surface area contributed by atoms with Crippen molar-refractivity contribution in [2.24, 2.45) is 0 Å². The largest absolute Gasteiger partial charge is 0.466 e. The molecule has 0 spiro atoms. The normalized spacial score (nSPS) is 11.5. The summed E-state index contributed by atoms with van der Waals surface area (Å²) in [5.74, 6) is -0.535. The van der Waals surface area contributed by atoms with Crippen molar-refractivity contribution >= 4 is 29.8 Å². The molecule has 0 radical (unpaired) electrons. The number of unbranched alkanes of at least 4 members (excludes halogenated alkanes) is 36. The predicted molar refractivity (Wildman–Crippen MR) is 379 cm³/mol. The first-order valence-corrected chi connectivity index (χ1v) is 38.7. The van der Waals surface area contributed by atoms with Crippen LogP contribution in [0.2, 0.25) is 0 Å². The molecular weight excluding hydrogens is 1160 g/mol. The molecule has 1 rings (SSSR count). The van der Waals surface area contributed by atoms with Gasteiger partial charge in [0.2, 0.25) is 5.95 Å². The molecule has 1 N–H and O–H groups in total. The van der Waals surface area contributed by atoms with Crippen molar-refractivity contribution < 1.29 is 47.6 Å². The Morgan fingerprint density at radius 3 is 0.783 bits per heavy atom. The maximum absolute atomic E-state index is 13.0. The molecule has 17 nitrogen and oxygen atoms in total. The number of carbonyl (C=O) groups is 4. The Bertz CT molecular complexity index is 1610. The van der Waals surface area contributed by atoms with Crippen LogP contribution in [0.15, 0.2) is 0 Å². The minimum Gasteiger partial charge on any atom is -0.466 e. The van der Waals surface area contributed by atoms with Crippen LogP contribution in [0, 0.1) is 0 Å². The molecule has 0 unspecified atom stereocenters. The fourth-order valence-corrected chi connectivity index (χ4v) is 11.4. The number of aromatic nitrogens is 3. The first kappa shape index (κ1) is 86.2. The number of nitrogens with zero attached hydrogens (tertiary/aromatic N) is 6. The van der Waals surface area contributed by atoms with E-state index in [-0.39, 0.29) is 74.8 Å². The van der Waals surface area contributed by atoms with Crippen molar-refractivity contribution in [2.45, 2.75) is 337 Å². The van der Waals surface area contributed by atoms with Gasteiger partial charge >= 0.3 is 35.9 Å². The molecule has 0 saturated heterocycles. The van der Waals surface area contributed by atoms with Gasteiger partial charge in [-0.05, 0) is 51.6 Å². The molecule has 0 bridgehead atoms. The lowest BCUT2D eigenvalue weighted by Gasteiger charge is -2.22. The average Bonchev–Trinajstić information content (AvgIpc) is 2.85. The zero-order valence-electron chi connectivity index (χ0n) is 60.6. The van der Waals surface area contributed by atoms with Crippen LogP contribution in [0.1, 0.15) is 337 Å². The van der Waals surface area contributed by atoms with Gasteiger partial charge in [-0.15, -0.1) is 4.98 Å². The Morgan fingerprint density at radius 1 is 0.283 bits per heavy atom. The average molecular weight is 1300 g/mol. The molecule has 17 heteroatoms. The van der Waals surface area contributed by atoms with E-state index >= 15 is 0 Å². The van der Waals surface area contributed by atoms with Gasteiger partial charge in [0.25, 0.3) is 0 Å². The van der Waals surface area contributed by atoms with Gasteiger partial charge in [-0.1, -0.05) is 273 Å². The lowest BCUT2D eigenvalue weighted by atomic mass is 10.1. The van der Waals surface area contributed by atoms with Crippen molar-refractivity contribution in [1.82, 2.24) is 29.7 Å². The van der Waals surface area contributed by atoms with Gasteiger partial charge < -0.3 is 48.4 Å². The highest BCUT2D eigenvalue weighted by molar-refractivity contribution is 5.71. The van der Waals surface area contributed by atoms with Crippen LogP contribution in [0.5, 0.6) is 12.0 Å². The van der Waals surface area contributed by atoms with Crippen LogP contribution >= 0.6 is 0 Å². The maximum Gasteiger partial charge on any atom is 0.324 e. The molecule has 0 amide bonds. The SMILES string of the molecule is CCCCCCCCCCCCOC(=O)CCN(CCCOc1nc(NCCN(CC)CC)nc(OCCCN(CCC(=O)OCCCCCCCCCCCC)CCC(=O)OCCCCCCCCCCCC)n1)CCC(=O)OCCCCCCCCCCCC. The summed E-state index contributed by atoms with van der Waals surface area (Å²) in [7, 11) is 0. The van der Waals surface area contributed by atoms with E-state index in [0.717, 1.165) is 71.0 Å². The number of hydrogen-bond acceptors (Lipinski definition) is 17. The van der Waals surface area contributed by atoms with E-state index in [1.165, 1.54) is 205 Å². The fraction of sp³-hybridized carbons (Fsp3) is 0.907. The first-order chi connectivity index (χ1) is 45.2. The van der Waals surface area contributed by atoms with Gasteiger partial charge in [0.15, 0.2) is 0 Å². The predicted octanol–water partition coefficient (Wildman–Crippen LogP) is 18.2. The van der Waals surface area contributed by atoms with Gasteiger partial charge in [0, 0.05) is 52.4 Å². The van der Waals surface area contributed by atoms with Crippen LogP contribution in [0.25, 0.3) is 0 Å². The Kier molecular flexibility index (Phi) is 62.9. The summed E-state index contributed by atoms with van der Waals surface area (Å²) in [6.45, 7) is 21.8. The maximum atomic E-state index is 13.0. The second-order valence-corrected chi connectivity index (χ2v) is 25.9. The van der Waals surface area contributed by atoms with E-state index in [2.05, 4.69) is 76.5 Å². The fourth-order valence-electron chi connectivity index (χ4n) is 11.4. The van der Waals surface area contributed by atoms with Crippen molar-refractivity contribution in [1.29, 1.82) is 0 Å². The summed E-state index contributed by atoms with van der Waals surface area (Å²) in [6, 6.07) is 0.263. The number of ether oxygens (including phenoxy) is 6. The Labute approximate surface area is 564 Å². The molecule has 0 aliphatic rings. The van der Waals surface area contributed by atoms with Crippen molar-refractivity contribution in [3.8, 4) is 12.0 Å². The van der Waals surface area contributed by atoms with E-state index in [1.807, 2.05) is 0 Å². The molecule has 0 saturated carbocycles. The molecule has 0 aliphatic heterocycles. The molecule has 0 aliphatic carbocycles. The third kappa shape index (κ3) is 57.6. The summed E-state index contributed by atoms with van der Waals surface area (Å²) >= 11 is 0. The lowest BCUT2D eigenvalue weighted by molar-refractivity contribution is -0.146. The highest BCUT2D eigenvalue weighted by atomic mass is 16.5. The van der Waals surface area contributed by atoms with Crippen molar-refractivity contribution in [2.75, 3.05) is 110 Å². The highest BCUT2D eigenvalue weighted by Crippen LogP contribution is 2.18. The molecule has 1 heterocycles. The highest BCUT2D eigenvalue weighted by Gasteiger charge is 2.17. The molecule has 1 aromatic rings. The van der Waals surface area contributed by atoms with E-state index in [1.54, 1.807) is 0 Å². The number of hydrogen-bond donors (Lipinski definition) is 1. The van der Waals surface area contributed by atoms with Gasteiger partial charge in [0.05, 0.1) is 65.3 Å². The topological polar surface area (TPSA) is 184 Å². The molecule has 0 fully saturated rings.